The van der Waals surface area contributed by atoms with Crippen molar-refractivity contribution in [2.75, 3.05) is 20.3 Å². The molecule has 7 N–H and O–H groups in total. The van der Waals surface area contributed by atoms with Crippen LogP contribution in [0.15, 0.2) is 24.3 Å². The van der Waals surface area contributed by atoms with E-state index in [4.69, 9.17) is 18.9 Å². The summed E-state index contributed by atoms with van der Waals surface area (Å²) in [5.41, 5.74) is 0.0329. The molecule has 0 bridgehead atoms. The monoisotopic (exact) mass is 476 g/mol. The molecule has 10 atom stereocenters. The Hall–Kier alpha value is -1.91. The van der Waals surface area contributed by atoms with E-state index < -0.39 is 80.6 Å². The molecular weight excluding hydrogens is 448 g/mol. The van der Waals surface area contributed by atoms with Crippen LogP contribution in [-0.2, 0) is 18.9 Å². The van der Waals surface area contributed by atoms with Crippen molar-refractivity contribution in [2.24, 2.45) is 0 Å². The van der Waals surface area contributed by atoms with Crippen molar-refractivity contribution < 1.29 is 64.2 Å². The number of ether oxygens (including phenoxy) is 5. The topological polar surface area (TPSA) is 205 Å². The highest BCUT2D eigenvalue weighted by Gasteiger charge is 2.51. The number of carbonyl (C=O) groups is 1. The first kappa shape index (κ1) is 25.7. The zero-order chi connectivity index (χ0) is 24.3. The number of rotatable bonds is 7. The molecule has 186 valence electrons. The van der Waals surface area contributed by atoms with Gasteiger partial charge in [0.05, 0.1) is 20.3 Å². The lowest BCUT2D eigenvalue weighted by molar-refractivity contribution is -0.352. The average molecular weight is 476 g/mol. The van der Waals surface area contributed by atoms with Crippen molar-refractivity contribution in [3.05, 3.63) is 29.8 Å². The first-order chi connectivity index (χ1) is 15.7. The molecule has 0 spiro atoms. The lowest BCUT2D eigenvalue weighted by Crippen LogP contribution is -2.65. The van der Waals surface area contributed by atoms with Crippen molar-refractivity contribution in [1.82, 2.24) is 0 Å². The van der Waals surface area contributed by atoms with Crippen molar-refractivity contribution in [2.45, 2.75) is 61.4 Å². The fraction of sp³-hybridized carbons (Fsp3) is 0.650. The van der Waals surface area contributed by atoms with Gasteiger partial charge in [-0.25, -0.2) is 4.79 Å². The Bertz CT molecular complexity index is 787. The molecule has 2 heterocycles. The molecule has 13 nitrogen and oxygen atoms in total. The van der Waals surface area contributed by atoms with E-state index in [0.29, 0.717) is 0 Å². The smallest absolute Gasteiger partial charge is 0.341 e. The van der Waals surface area contributed by atoms with E-state index in [1.807, 2.05) is 0 Å². The zero-order valence-electron chi connectivity index (χ0n) is 17.6. The summed E-state index contributed by atoms with van der Waals surface area (Å²) in [6, 6.07) is 5.95. The van der Waals surface area contributed by atoms with Crippen LogP contribution in [0.5, 0.6) is 5.75 Å². The summed E-state index contributed by atoms with van der Waals surface area (Å²) >= 11 is 0. The molecular formula is C20H28O13. The van der Waals surface area contributed by atoms with Crippen LogP contribution in [0, 0.1) is 0 Å². The third kappa shape index (κ3) is 5.27. The number of hydrogen-bond acceptors (Lipinski definition) is 13. The molecule has 0 radical (unpaired) electrons. The number of benzene rings is 1. The van der Waals surface area contributed by atoms with Crippen LogP contribution in [0.25, 0.3) is 0 Å². The molecule has 3 rings (SSSR count). The number of hydrogen-bond donors (Lipinski definition) is 7. The summed E-state index contributed by atoms with van der Waals surface area (Å²) in [5.74, 6) is -0.718. The highest BCUT2D eigenvalue weighted by atomic mass is 16.7. The maximum atomic E-state index is 11.9. The summed E-state index contributed by atoms with van der Waals surface area (Å²) in [6.07, 6.45) is -15.8. The Morgan fingerprint density at radius 2 is 1.45 bits per heavy atom. The van der Waals surface area contributed by atoms with Gasteiger partial charge in [-0.05, 0) is 12.1 Å². The van der Waals surface area contributed by atoms with Crippen LogP contribution in [-0.4, -0.2) is 123 Å². The summed E-state index contributed by atoms with van der Waals surface area (Å²) in [4.78, 5) is 11.9. The first-order valence-electron chi connectivity index (χ1n) is 10.2. The van der Waals surface area contributed by atoms with Gasteiger partial charge < -0.3 is 59.4 Å². The standard InChI is InChI=1S/C20H28O13/c1-29-18(28)8-4-2-3-5-9(8)30-19-16(27)14(25)17(11(7-22)32-19)33-20-15(26)13(24)12(23)10(6-21)31-20/h2-5,10-17,19-27H,6-7H2,1H3. The van der Waals surface area contributed by atoms with Crippen LogP contribution < -0.4 is 4.74 Å². The normalized spacial score (nSPS) is 39.2. The minimum Gasteiger partial charge on any atom is -0.465 e. The predicted molar refractivity (Wildman–Crippen MR) is 105 cm³/mol. The minimum atomic E-state index is -1.77. The van der Waals surface area contributed by atoms with Crippen LogP contribution >= 0.6 is 0 Å². The van der Waals surface area contributed by atoms with E-state index in [0.717, 1.165) is 0 Å². The second-order valence-electron chi connectivity index (χ2n) is 7.61. The molecule has 1 aromatic carbocycles. The maximum Gasteiger partial charge on any atom is 0.341 e. The van der Waals surface area contributed by atoms with Gasteiger partial charge in [0.2, 0.25) is 6.29 Å². The first-order valence-corrected chi connectivity index (χ1v) is 10.2. The summed E-state index contributed by atoms with van der Waals surface area (Å²) in [6.45, 7) is -1.42. The quantitative estimate of drug-likeness (QED) is 0.191. The number of carbonyl (C=O) groups excluding carboxylic acids is 1. The lowest BCUT2D eigenvalue weighted by Gasteiger charge is -2.45. The number of aliphatic hydroxyl groups is 7. The molecule has 0 amide bonds. The van der Waals surface area contributed by atoms with Gasteiger partial charge in [-0.15, -0.1) is 0 Å². The molecule has 2 saturated heterocycles. The van der Waals surface area contributed by atoms with Crippen LogP contribution in [0.3, 0.4) is 0 Å². The summed E-state index contributed by atoms with van der Waals surface area (Å²) < 4.78 is 26.5. The zero-order valence-corrected chi connectivity index (χ0v) is 17.6. The molecule has 2 aliphatic rings. The number of aliphatic hydroxyl groups excluding tert-OH is 7. The molecule has 2 fully saturated rings. The minimum absolute atomic E-state index is 0.00871. The van der Waals surface area contributed by atoms with Crippen molar-refractivity contribution in [3.8, 4) is 5.75 Å². The second kappa shape index (κ2) is 11.0. The second-order valence-corrected chi connectivity index (χ2v) is 7.61. The Morgan fingerprint density at radius 3 is 2.09 bits per heavy atom. The maximum absolute atomic E-state index is 11.9. The Kier molecular flexibility index (Phi) is 8.58. The molecule has 10 unspecified atom stereocenters. The Labute approximate surface area is 188 Å². The fourth-order valence-electron chi connectivity index (χ4n) is 3.63. The molecule has 1 aromatic rings. The largest absolute Gasteiger partial charge is 0.465 e. The van der Waals surface area contributed by atoms with Crippen LogP contribution in [0.1, 0.15) is 10.4 Å². The average Bonchev–Trinajstić information content (AvgIpc) is 2.83. The third-order valence-electron chi connectivity index (χ3n) is 5.50. The van der Waals surface area contributed by atoms with E-state index >= 15 is 0 Å². The predicted octanol–water partition coefficient (Wildman–Crippen LogP) is -3.52. The summed E-state index contributed by atoms with van der Waals surface area (Å²) in [5, 5.41) is 70.2. The van der Waals surface area contributed by atoms with Gasteiger partial charge in [0.15, 0.2) is 6.29 Å². The SMILES string of the molecule is COC(=O)c1ccccc1OC1OC(CO)C(OC2OC(CO)C(O)C(O)C2O)C(O)C1O. The number of para-hydroxylation sites is 1. The number of esters is 1. The highest BCUT2D eigenvalue weighted by molar-refractivity contribution is 5.92. The van der Waals surface area contributed by atoms with Crippen molar-refractivity contribution in [1.29, 1.82) is 0 Å². The number of methoxy groups -OCH3 is 1. The molecule has 33 heavy (non-hydrogen) atoms. The fourth-order valence-corrected chi connectivity index (χ4v) is 3.63. The van der Waals surface area contributed by atoms with E-state index in [1.54, 1.807) is 12.1 Å². The molecule has 0 aliphatic carbocycles. The van der Waals surface area contributed by atoms with Gasteiger partial charge in [-0.2, -0.15) is 0 Å². The molecule has 0 saturated carbocycles. The molecule has 2 aliphatic heterocycles. The van der Waals surface area contributed by atoms with Gasteiger partial charge in [0, 0.05) is 0 Å². The Morgan fingerprint density at radius 1 is 0.848 bits per heavy atom. The molecule has 0 aromatic heterocycles. The van der Waals surface area contributed by atoms with Gasteiger partial charge in [0.25, 0.3) is 0 Å². The van der Waals surface area contributed by atoms with Crippen molar-refractivity contribution >= 4 is 5.97 Å². The van der Waals surface area contributed by atoms with E-state index in [9.17, 15) is 40.5 Å². The molecule has 13 heteroatoms. The highest BCUT2D eigenvalue weighted by Crippen LogP contribution is 2.31. The van der Waals surface area contributed by atoms with Crippen LogP contribution in [0.4, 0.5) is 0 Å². The van der Waals surface area contributed by atoms with E-state index in [1.165, 1.54) is 19.2 Å². The van der Waals surface area contributed by atoms with E-state index in [2.05, 4.69) is 4.74 Å². The van der Waals surface area contributed by atoms with Gasteiger partial charge in [-0.3, -0.25) is 0 Å². The van der Waals surface area contributed by atoms with Gasteiger partial charge in [-0.1, -0.05) is 12.1 Å². The van der Waals surface area contributed by atoms with E-state index in [-0.39, 0.29) is 11.3 Å². The van der Waals surface area contributed by atoms with Gasteiger partial charge >= 0.3 is 5.97 Å². The van der Waals surface area contributed by atoms with Gasteiger partial charge in [0.1, 0.15) is 60.1 Å². The lowest BCUT2D eigenvalue weighted by atomic mass is 9.97. The Balaban J connectivity index is 1.75. The third-order valence-corrected chi connectivity index (χ3v) is 5.50. The van der Waals surface area contributed by atoms with Crippen molar-refractivity contribution in [3.63, 3.8) is 0 Å². The summed E-state index contributed by atoms with van der Waals surface area (Å²) in [7, 11) is 1.18. The van der Waals surface area contributed by atoms with Crippen LogP contribution in [0.2, 0.25) is 0 Å².